The predicted octanol–water partition coefficient (Wildman–Crippen LogP) is 1.81. The number of aromatic hydroxyl groups is 1. The van der Waals surface area contributed by atoms with Crippen LogP contribution in [0.3, 0.4) is 0 Å². The lowest BCUT2D eigenvalue weighted by Gasteiger charge is -2.27. The molecule has 2 atom stereocenters. The number of nitrogens with two attached hydrogens (primary N) is 1. The minimum absolute atomic E-state index is 0.0263. The Morgan fingerprint density at radius 3 is 2.67 bits per heavy atom. The van der Waals surface area contributed by atoms with Crippen molar-refractivity contribution in [3.63, 3.8) is 0 Å². The Hall–Kier alpha value is -2.32. The summed E-state index contributed by atoms with van der Waals surface area (Å²) in [4.78, 5) is 15.5. The minimum Gasteiger partial charge on any atom is -0.494 e. The van der Waals surface area contributed by atoms with Gasteiger partial charge >= 0.3 is 0 Å². The maximum atomic E-state index is 12.7. The first-order valence-corrected chi connectivity index (χ1v) is 9.49. The van der Waals surface area contributed by atoms with Crippen molar-refractivity contribution in [3.05, 3.63) is 43.9 Å². The number of rotatable bonds is 5. The van der Waals surface area contributed by atoms with Crippen LogP contribution in [0.1, 0.15) is 49.0 Å². The standard InChI is InChI=1S/C19H25N3O4S/c1-5-10(2)22-18(24)15(17(23)21-19(22)27)16-12-9-14(26-4)13(25-3)8-11(12)6-7-20-16/h8-10,16,20,24H,5-7H2,1-4H3,(H,21,23,27)/p+1/t10-,16-/m1/s1. The summed E-state index contributed by atoms with van der Waals surface area (Å²) >= 11 is 5.28. The number of ether oxygens (including phenoxy) is 2. The summed E-state index contributed by atoms with van der Waals surface area (Å²) in [5.41, 5.74) is 1.97. The zero-order valence-electron chi connectivity index (χ0n) is 16.0. The zero-order chi connectivity index (χ0) is 19.7. The van der Waals surface area contributed by atoms with Crippen LogP contribution in [0.15, 0.2) is 16.9 Å². The van der Waals surface area contributed by atoms with Crippen molar-refractivity contribution in [1.29, 1.82) is 0 Å². The first-order valence-electron chi connectivity index (χ1n) is 9.08. The smallest absolute Gasteiger partial charge is 0.265 e. The van der Waals surface area contributed by atoms with E-state index in [1.165, 1.54) is 0 Å². The lowest BCUT2D eigenvalue weighted by molar-refractivity contribution is -0.690. The second-order valence-electron chi connectivity index (χ2n) is 6.78. The molecule has 146 valence electrons. The normalized spacial score (nSPS) is 17.3. The molecule has 0 saturated carbocycles. The number of methoxy groups -OCH3 is 2. The third kappa shape index (κ3) is 3.35. The molecule has 1 aromatic heterocycles. The van der Waals surface area contributed by atoms with E-state index in [4.69, 9.17) is 21.7 Å². The van der Waals surface area contributed by atoms with E-state index in [0.29, 0.717) is 17.1 Å². The third-order valence-electron chi connectivity index (χ3n) is 5.29. The first-order chi connectivity index (χ1) is 12.9. The van der Waals surface area contributed by atoms with Gasteiger partial charge in [-0.15, -0.1) is 0 Å². The number of nitrogens with one attached hydrogen (secondary N) is 1. The van der Waals surface area contributed by atoms with Gasteiger partial charge in [0.15, 0.2) is 16.3 Å². The van der Waals surface area contributed by atoms with E-state index in [0.717, 1.165) is 30.5 Å². The van der Waals surface area contributed by atoms with Gasteiger partial charge < -0.3 is 19.9 Å². The molecule has 0 radical (unpaired) electrons. The van der Waals surface area contributed by atoms with E-state index in [-0.39, 0.29) is 28.3 Å². The molecule has 0 saturated heterocycles. The molecular formula is C19H26N3O4S+. The maximum Gasteiger partial charge on any atom is 0.265 e. The number of fused-ring (bicyclic) bond motifs is 1. The van der Waals surface area contributed by atoms with E-state index in [1.54, 1.807) is 18.8 Å². The van der Waals surface area contributed by atoms with Crippen LogP contribution < -0.4 is 20.3 Å². The van der Waals surface area contributed by atoms with Crippen LogP contribution in [0.25, 0.3) is 0 Å². The fraction of sp³-hybridized carbons (Fsp3) is 0.474. The van der Waals surface area contributed by atoms with Gasteiger partial charge in [-0.2, -0.15) is 0 Å². The molecule has 0 amide bonds. The van der Waals surface area contributed by atoms with Crippen molar-refractivity contribution in [2.24, 2.45) is 0 Å². The van der Waals surface area contributed by atoms with E-state index in [9.17, 15) is 9.90 Å². The number of aromatic nitrogens is 2. The molecule has 0 spiro atoms. The van der Waals surface area contributed by atoms with Crippen molar-refractivity contribution in [3.8, 4) is 17.4 Å². The predicted molar refractivity (Wildman–Crippen MR) is 104 cm³/mol. The van der Waals surface area contributed by atoms with E-state index < -0.39 is 0 Å². The summed E-state index contributed by atoms with van der Waals surface area (Å²) in [7, 11) is 3.18. The second kappa shape index (κ2) is 7.74. The highest BCUT2D eigenvalue weighted by atomic mass is 32.1. The Morgan fingerprint density at radius 2 is 2.04 bits per heavy atom. The number of quaternary nitrogens is 1. The molecular weight excluding hydrogens is 366 g/mol. The van der Waals surface area contributed by atoms with Crippen LogP contribution in [0.4, 0.5) is 0 Å². The number of benzene rings is 1. The van der Waals surface area contributed by atoms with E-state index in [1.807, 2.05) is 26.0 Å². The van der Waals surface area contributed by atoms with Crippen LogP contribution >= 0.6 is 12.2 Å². The maximum absolute atomic E-state index is 12.7. The summed E-state index contributed by atoms with van der Waals surface area (Å²) in [6.07, 6.45) is 1.62. The van der Waals surface area contributed by atoms with Gasteiger partial charge in [-0.1, -0.05) is 6.92 Å². The molecule has 1 aliphatic heterocycles. The van der Waals surface area contributed by atoms with Crippen LogP contribution in [0.2, 0.25) is 0 Å². The quantitative estimate of drug-likeness (QED) is 0.675. The summed E-state index contributed by atoms with van der Waals surface area (Å²) in [6, 6.07) is 3.47. The Bertz CT molecular complexity index is 967. The highest BCUT2D eigenvalue weighted by molar-refractivity contribution is 7.71. The number of aromatic amines is 1. The summed E-state index contributed by atoms with van der Waals surface area (Å²) in [5, 5.41) is 13.0. The van der Waals surface area contributed by atoms with Gasteiger partial charge in [0.05, 0.1) is 20.8 Å². The largest absolute Gasteiger partial charge is 0.494 e. The minimum atomic E-state index is -0.360. The molecule has 1 aromatic carbocycles. The molecule has 3 rings (SSSR count). The lowest BCUT2D eigenvalue weighted by Crippen LogP contribution is -2.87. The number of nitrogens with zero attached hydrogens (tertiary/aromatic N) is 1. The second-order valence-corrected chi connectivity index (χ2v) is 7.17. The van der Waals surface area contributed by atoms with Crippen LogP contribution in [0, 0.1) is 4.77 Å². The number of hydrogen-bond donors (Lipinski definition) is 3. The third-order valence-corrected chi connectivity index (χ3v) is 5.59. The Labute approximate surface area is 163 Å². The molecule has 8 heteroatoms. The number of H-pyrrole nitrogens is 1. The van der Waals surface area contributed by atoms with Gasteiger partial charge in [-0.05, 0) is 43.3 Å². The van der Waals surface area contributed by atoms with Crippen LogP contribution in [-0.4, -0.2) is 35.4 Å². The van der Waals surface area contributed by atoms with E-state index >= 15 is 0 Å². The van der Waals surface area contributed by atoms with Crippen molar-refractivity contribution < 1.29 is 19.9 Å². The zero-order valence-corrected chi connectivity index (χ0v) is 16.9. The monoisotopic (exact) mass is 392 g/mol. The molecule has 27 heavy (non-hydrogen) atoms. The van der Waals surface area contributed by atoms with Gasteiger partial charge in [-0.25, -0.2) is 0 Å². The number of hydrogen-bond acceptors (Lipinski definition) is 5. The van der Waals surface area contributed by atoms with Gasteiger partial charge in [0.2, 0.25) is 5.88 Å². The fourth-order valence-corrected chi connectivity index (χ4v) is 4.03. The van der Waals surface area contributed by atoms with Gasteiger partial charge in [0.1, 0.15) is 11.6 Å². The molecule has 0 aliphatic carbocycles. The molecule has 0 fully saturated rings. The highest BCUT2D eigenvalue weighted by Crippen LogP contribution is 2.36. The average molecular weight is 393 g/mol. The van der Waals surface area contributed by atoms with Crippen molar-refractivity contribution in [1.82, 2.24) is 9.55 Å². The van der Waals surface area contributed by atoms with Crippen molar-refractivity contribution >= 4 is 12.2 Å². The molecule has 2 aromatic rings. The lowest BCUT2D eigenvalue weighted by atomic mass is 9.90. The summed E-state index contributed by atoms with van der Waals surface area (Å²) in [5.74, 6) is 1.19. The SMILES string of the molecule is CC[C@@H](C)n1c(O)c([C@@H]2[NH2+]CCc3cc(OC)c(OC)cc32)c(=O)[nH]c1=S. The Kier molecular flexibility index (Phi) is 5.57. The fourth-order valence-electron chi connectivity index (χ4n) is 3.67. The van der Waals surface area contributed by atoms with Gasteiger partial charge in [0.25, 0.3) is 5.56 Å². The van der Waals surface area contributed by atoms with E-state index in [2.05, 4.69) is 10.3 Å². The van der Waals surface area contributed by atoms with Gasteiger partial charge in [0, 0.05) is 18.0 Å². The first kappa shape index (κ1) is 19.4. The van der Waals surface area contributed by atoms with Gasteiger partial charge in [-0.3, -0.25) is 14.3 Å². The summed E-state index contributed by atoms with van der Waals surface area (Å²) in [6.45, 7) is 4.77. The Morgan fingerprint density at radius 1 is 1.37 bits per heavy atom. The highest BCUT2D eigenvalue weighted by Gasteiger charge is 2.33. The average Bonchev–Trinajstić information content (AvgIpc) is 2.66. The topological polar surface area (TPSA) is 93.1 Å². The van der Waals surface area contributed by atoms with Crippen LogP contribution in [-0.2, 0) is 6.42 Å². The molecule has 2 heterocycles. The molecule has 0 bridgehead atoms. The molecule has 0 unspecified atom stereocenters. The molecule has 1 aliphatic rings. The van der Waals surface area contributed by atoms with Crippen molar-refractivity contribution in [2.75, 3.05) is 20.8 Å². The Balaban J connectivity index is 2.23. The summed E-state index contributed by atoms with van der Waals surface area (Å²) < 4.78 is 12.7. The van der Waals surface area contributed by atoms with Crippen molar-refractivity contribution in [2.45, 2.75) is 38.8 Å². The molecule has 4 N–H and O–H groups in total. The van der Waals surface area contributed by atoms with Crippen LogP contribution in [0.5, 0.6) is 17.4 Å². The molecule has 7 nitrogen and oxygen atoms in total.